The molecule has 1 aromatic carbocycles. The molecule has 0 unspecified atom stereocenters. The van der Waals surface area contributed by atoms with Crippen molar-refractivity contribution in [1.29, 1.82) is 0 Å². The first kappa shape index (κ1) is 15.2. The standard InChI is InChI=1S/C16H20N2O3S/c1-17(2)8-7-12-9-18(15-6-4-3-5-14(12)15)16(19)13-10-22(20,21)11-13/h3-6,9,13H,7-8,10-11H2,1-2H3. The Bertz CT molecular complexity index is 809. The third kappa shape index (κ3) is 2.80. The van der Waals surface area contributed by atoms with Crippen molar-refractivity contribution in [2.24, 2.45) is 5.92 Å². The zero-order valence-electron chi connectivity index (χ0n) is 12.8. The average molecular weight is 320 g/mol. The number of rotatable bonds is 4. The van der Waals surface area contributed by atoms with E-state index in [0.29, 0.717) is 0 Å². The smallest absolute Gasteiger partial charge is 0.236 e. The summed E-state index contributed by atoms with van der Waals surface area (Å²) in [5, 5.41) is 1.07. The quantitative estimate of drug-likeness (QED) is 0.855. The van der Waals surface area contributed by atoms with E-state index in [1.807, 2.05) is 44.6 Å². The van der Waals surface area contributed by atoms with Crippen LogP contribution < -0.4 is 0 Å². The summed E-state index contributed by atoms with van der Waals surface area (Å²) in [5.74, 6) is -0.554. The van der Waals surface area contributed by atoms with Gasteiger partial charge in [-0.25, -0.2) is 8.42 Å². The number of carbonyl (C=O) groups is 1. The van der Waals surface area contributed by atoms with Crippen molar-refractivity contribution in [2.75, 3.05) is 32.1 Å². The molecule has 1 aliphatic rings. The molecular weight excluding hydrogens is 300 g/mol. The SMILES string of the molecule is CN(C)CCc1cn(C(=O)C2CS(=O)(=O)C2)c2ccccc12. The van der Waals surface area contributed by atoms with E-state index in [0.717, 1.165) is 29.4 Å². The third-order valence-corrected chi connectivity index (χ3v) is 5.94. The van der Waals surface area contributed by atoms with Gasteiger partial charge < -0.3 is 4.90 Å². The van der Waals surface area contributed by atoms with Crippen molar-refractivity contribution in [1.82, 2.24) is 9.47 Å². The molecule has 2 heterocycles. The molecular formula is C16H20N2O3S. The Labute approximate surface area is 130 Å². The largest absolute Gasteiger partial charge is 0.309 e. The fraction of sp³-hybridized carbons (Fsp3) is 0.438. The van der Waals surface area contributed by atoms with Crippen molar-refractivity contribution in [3.8, 4) is 0 Å². The van der Waals surface area contributed by atoms with E-state index in [4.69, 9.17) is 0 Å². The predicted molar refractivity (Wildman–Crippen MR) is 87.0 cm³/mol. The van der Waals surface area contributed by atoms with Crippen LogP contribution >= 0.6 is 0 Å². The lowest BCUT2D eigenvalue weighted by Gasteiger charge is -2.24. The average Bonchev–Trinajstić information content (AvgIpc) is 2.80. The summed E-state index contributed by atoms with van der Waals surface area (Å²) >= 11 is 0. The molecule has 0 saturated carbocycles. The van der Waals surface area contributed by atoms with Crippen LogP contribution in [0.4, 0.5) is 0 Å². The van der Waals surface area contributed by atoms with Crippen LogP contribution in [0.15, 0.2) is 30.5 Å². The third-order valence-electron chi connectivity index (χ3n) is 4.12. The molecule has 0 atom stereocenters. The van der Waals surface area contributed by atoms with Gasteiger partial charge >= 0.3 is 0 Å². The maximum absolute atomic E-state index is 12.6. The molecule has 0 amide bonds. The first-order valence-corrected chi connectivity index (χ1v) is 9.18. The minimum Gasteiger partial charge on any atom is -0.309 e. The minimum atomic E-state index is -2.99. The van der Waals surface area contributed by atoms with Crippen LogP contribution in [-0.2, 0) is 16.3 Å². The molecule has 22 heavy (non-hydrogen) atoms. The van der Waals surface area contributed by atoms with Gasteiger partial charge in [0.2, 0.25) is 5.91 Å². The molecule has 0 radical (unpaired) electrons. The molecule has 0 bridgehead atoms. The maximum atomic E-state index is 12.6. The van der Waals surface area contributed by atoms with Gasteiger partial charge in [0.05, 0.1) is 22.9 Å². The minimum absolute atomic E-state index is 0.0224. The number of fused-ring (bicyclic) bond motifs is 1. The van der Waals surface area contributed by atoms with Crippen molar-refractivity contribution in [3.63, 3.8) is 0 Å². The topological polar surface area (TPSA) is 59.4 Å². The highest BCUT2D eigenvalue weighted by Gasteiger charge is 2.39. The van der Waals surface area contributed by atoms with Crippen LogP contribution in [0.5, 0.6) is 0 Å². The van der Waals surface area contributed by atoms with E-state index < -0.39 is 15.8 Å². The zero-order valence-corrected chi connectivity index (χ0v) is 13.6. The fourth-order valence-corrected chi connectivity index (χ4v) is 4.29. The molecule has 1 saturated heterocycles. The molecule has 0 N–H and O–H groups in total. The van der Waals surface area contributed by atoms with Crippen LogP contribution in [-0.4, -0.2) is 55.9 Å². The van der Waals surface area contributed by atoms with Crippen LogP contribution in [0.3, 0.4) is 0 Å². The summed E-state index contributed by atoms with van der Waals surface area (Å²) in [4.78, 5) is 14.7. The number of hydrogen-bond donors (Lipinski definition) is 0. The Morgan fingerprint density at radius 2 is 1.95 bits per heavy atom. The van der Waals surface area contributed by atoms with Crippen molar-refractivity contribution in [2.45, 2.75) is 6.42 Å². The lowest BCUT2D eigenvalue weighted by atomic mass is 10.1. The van der Waals surface area contributed by atoms with Gasteiger partial charge in [-0.05, 0) is 32.1 Å². The summed E-state index contributed by atoms with van der Waals surface area (Å²) in [6.07, 6.45) is 2.73. The van der Waals surface area contributed by atoms with E-state index in [9.17, 15) is 13.2 Å². The molecule has 2 aromatic rings. The van der Waals surface area contributed by atoms with Crippen LogP contribution in [0.1, 0.15) is 10.4 Å². The molecule has 6 heteroatoms. The number of likely N-dealkylation sites (N-methyl/N-ethyl adjacent to an activating group) is 1. The van der Waals surface area contributed by atoms with Gasteiger partial charge in [0.1, 0.15) is 0 Å². The molecule has 118 valence electrons. The van der Waals surface area contributed by atoms with Crippen LogP contribution in [0.25, 0.3) is 10.9 Å². The molecule has 3 rings (SSSR count). The number of sulfone groups is 1. The Kier molecular flexibility index (Phi) is 3.82. The van der Waals surface area contributed by atoms with Gasteiger partial charge in [-0.15, -0.1) is 0 Å². The highest BCUT2D eigenvalue weighted by atomic mass is 32.2. The molecule has 0 spiro atoms. The second kappa shape index (κ2) is 5.52. The Morgan fingerprint density at radius 3 is 2.59 bits per heavy atom. The molecule has 1 aromatic heterocycles. The van der Waals surface area contributed by atoms with Crippen molar-refractivity contribution >= 4 is 26.6 Å². The summed E-state index contributed by atoms with van der Waals surface area (Å²) < 4.78 is 24.3. The van der Waals surface area contributed by atoms with Gasteiger partial charge in [-0.2, -0.15) is 0 Å². The lowest BCUT2D eigenvalue weighted by molar-refractivity contribution is 0.0855. The highest BCUT2D eigenvalue weighted by molar-refractivity contribution is 7.92. The normalized spacial score (nSPS) is 17.8. The number of aromatic nitrogens is 1. The maximum Gasteiger partial charge on any atom is 0.236 e. The van der Waals surface area contributed by atoms with E-state index >= 15 is 0 Å². The predicted octanol–water partition coefficient (Wildman–Crippen LogP) is 1.43. The molecule has 1 fully saturated rings. The van der Waals surface area contributed by atoms with E-state index in [1.54, 1.807) is 4.57 Å². The van der Waals surface area contributed by atoms with Crippen LogP contribution in [0.2, 0.25) is 0 Å². The summed E-state index contributed by atoms with van der Waals surface area (Å²) in [6, 6.07) is 7.80. The summed E-state index contributed by atoms with van der Waals surface area (Å²) in [6.45, 7) is 0.903. The van der Waals surface area contributed by atoms with Gasteiger partial charge in [-0.1, -0.05) is 18.2 Å². The summed E-state index contributed by atoms with van der Waals surface area (Å²) in [7, 11) is 1.04. The Hall–Kier alpha value is -1.66. The second-order valence-electron chi connectivity index (χ2n) is 6.21. The Balaban J connectivity index is 1.94. The van der Waals surface area contributed by atoms with Gasteiger partial charge in [0, 0.05) is 18.1 Å². The lowest BCUT2D eigenvalue weighted by Crippen LogP contribution is -2.43. The molecule has 5 nitrogen and oxygen atoms in total. The first-order valence-electron chi connectivity index (χ1n) is 7.36. The van der Waals surface area contributed by atoms with Gasteiger partial charge in [0.25, 0.3) is 0 Å². The Morgan fingerprint density at radius 1 is 1.27 bits per heavy atom. The molecule has 0 aliphatic carbocycles. The van der Waals surface area contributed by atoms with E-state index in [-0.39, 0.29) is 17.4 Å². The van der Waals surface area contributed by atoms with Crippen LogP contribution in [0, 0.1) is 5.92 Å². The van der Waals surface area contributed by atoms with Gasteiger partial charge in [-0.3, -0.25) is 9.36 Å². The zero-order chi connectivity index (χ0) is 15.9. The number of nitrogens with zero attached hydrogens (tertiary/aromatic N) is 2. The number of carbonyl (C=O) groups excluding carboxylic acids is 1. The summed E-state index contributed by atoms with van der Waals surface area (Å²) in [5.41, 5.74) is 1.99. The van der Waals surface area contributed by atoms with Crippen molar-refractivity contribution < 1.29 is 13.2 Å². The first-order chi connectivity index (χ1) is 10.4. The molecule has 1 aliphatic heterocycles. The number of hydrogen-bond acceptors (Lipinski definition) is 4. The highest BCUT2D eigenvalue weighted by Crippen LogP contribution is 2.26. The fourth-order valence-electron chi connectivity index (χ4n) is 2.88. The monoisotopic (exact) mass is 320 g/mol. The second-order valence-corrected chi connectivity index (χ2v) is 8.36. The number of benzene rings is 1. The van der Waals surface area contributed by atoms with E-state index in [2.05, 4.69) is 4.90 Å². The van der Waals surface area contributed by atoms with Gasteiger partial charge in [0.15, 0.2) is 9.84 Å². The number of para-hydroxylation sites is 1. The van der Waals surface area contributed by atoms with Crippen molar-refractivity contribution in [3.05, 3.63) is 36.0 Å². The van der Waals surface area contributed by atoms with E-state index in [1.165, 1.54) is 0 Å².